The van der Waals surface area contributed by atoms with Crippen molar-refractivity contribution in [3.05, 3.63) is 141 Å². The Kier molecular flexibility index (Phi) is 11.3. The second-order valence-corrected chi connectivity index (χ2v) is 11.9. The molecule has 256 valence electrons. The summed E-state index contributed by atoms with van der Waals surface area (Å²) in [5.41, 5.74) is 1.39. The van der Waals surface area contributed by atoms with Crippen LogP contribution >= 0.6 is 0 Å². The zero-order valence-corrected chi connectivity index (χ0v) is 27.4. The molecule has 0 N–H and O–H groups in total. The molecule has 0 unspecified atom stereocenters. The standard InChI is InChI=1S/C39H38F5N3O2/c1-3-45(4-2)20-21-46(25-28-15-18-31(29-10-6-5-7-11-29)33(22-28)39(42,43)44)38(49)26-47-30(17-14-27-16-19-34(40)35(41)23-27)24-37(48)32-12-8-9-13-36(32)47/h5-13,15-16,18-19,22-24H,3-4,14,17,20-21,25-26H2,1-2H3. The van der Waals surface area contributed by atoms with Gasteiger partial charge in [0.25, 0.3) is 0 Å². The van der Waals surface area contributed by atoms with Gasteiger partial charge in [-0.2, -0.15) is 13.2 Å². The van der Waals surface area contributed by atoms with Crippen LogP contribution in [0.1, 0.15) is 36.2 Å². The van der Waals surface area contributed by atoms with Gasteiger partial charge in [-0.25, -0.2) is 8.78 Å². The Morgan fingerprint density at radius 3 is 2.14 bits per heavy atom. The van der Waals surface area contributed by atoms with Crippen molar-refractivity contribution >= 4 is 16.8 Å². The minimum Gasteiger partial charge on any atom is -0.336 e. The zero-order chi connectivity index (χ0) is 35.1. The molecular formula is C39H38F5N3O2. The van der Waals surface area contributed by atoms with Crippen LogP contribution in [0.25, 0.3) is 22.0 Å². The molecule has 0 spiro atoms. The summed E-state index contributed by atoms with van der Waals surface area (Å²) < 4.78 is 72.3. The lowest BCUT2D eigenvalue weighted by Gasteiger charge is -2.28. The van der Waals surface area contributed by atoms with Gasteiger partial charge in [-0.3, -0.25) is 9.59 Å². The Labute approximate surface area is 282 Å². The van der Waals surface area contributed by atoms with Gasteiger partial charge in [-0.05, 0) is 78.5 Å². The molecule has 1 heterocycles. The Hall–Kier alpha value is -4.83. The van der Waals surface area contributed by atoms with Crippen molar-refractivity contribution in [1.29, 1.82) is 0 Å². The summed E-state index contributed by atoms with van der Waals surface area (Å²) >= 11 is 0. The molecule has 0 radical (unpaired) electrons. The van der Waals surface area contributed by atoms with Gasteiger partial charge in [-0.1, -0.05) is 74.5 Å². The van der Waals surface area contributed by atoms with Crippen LogP contribution in [0.4, 0.5) is 22.0 Å². The van der Waals surface area contributed by atoms with Crippen molar-refractivity contribution in [1.82, 2.24) is 14.4 Å². The molecule has 0 aliphatic carbocycles. The first-order valence-corrected chi connectivity index (χ1v) is 16.3. The van der Waals surface area contributed by atoms with Gasteiger partial charge in [-0.15, -0.1) is 0 Å². The number of nitrogens with zero attached hydrogens (tertiary/aromatic N) is 3. The Morgan fingerprint density at radius 2 is 1.45 bits per heavy atom. The first-order chi connectivity index (χ1) is 23.5. The molecule has 0 bridgehead atoms. The predicted octanol–water partition coefficient (Wildman–Crippen LogP) is 8.12. The van der Waals surface area contributed by atoms with Crippen molar-refractivity contribution in [2.24, 2.45) is 0 Å². The van der Waals surface area contributed by atoms with E-state index in [2.05, 4.69) is 4.90 Å². The van der Waals surface area contributed by atoms with Gasteiger partial charge < -0.3 is 14.4 Å². The van der Waals surface area contributed by atoms with Crippen molar-refractivity contribution in [3.63, 3.8) is 0 Å². The fourth-order valence-electron chi connectivity index (χ4n) is 6.08. The number of halogens is 5. The van der Waals surface area contributed by atoms with E-state index in [1.165, 1.54) is 18.2 Å². The normalized spacial score (nSPS) is 11.8. The number of aromatic nitrogens is 1. The highest BCUT2D eigenvalue weighted by molar-refractivity contribution is 5.83. The van der Waals surface area contributed by atoms with Gasteiger partial charge in [0.1, 0.15) is 6.54 Å². The summed E-state index contributed by atoms with van der Waals surface area (Å²) in [7, 11) is 0. The summed E-state index contributed by atoms with van der Waals surface area (Å²) in [4.78, 5) is 31.0. The quantitative estimate of drug-likeness (QED) is 0.119. The fourth-order valence-corrected chi connectivity index (χ4v) is 6.08. The number of fused-ring (bicyclic) bond motifs is 1. The van der Waals surface area contributed by atoms with Crippen LogP contribution < -0.4 is 5.43 Å². The minimum atomic E-state index is -4.62. The molecular weight excluding hydrogens is 637 g/mol. The van der Waals surface area contributed by atoms with Crippen LogP contribution in [0.3, 0.4) is 0 Å². The molecule has 1 aromatic heterocycles. The molecule has 0 saturated carbocycles. The monoisotopic (exact) mass is 675 g/mol. The second-order valence-electron chi connectivity index (χ2n) is 11.9. The number of carbonyl (C=O) groups is 1. The highest BCUT2D eigenvalue weighted by Gasteiger charge is 2.34. The van der Waals surface area contributed by atoms with Crippen LogP contribution in [0, 0.1) is 11.6 Å². The van der Waals surface area contributed by atoms with Gasteiger partial charge >= 0.3 is 6.18 Å². The molecule has 1 amide bonds. The SMILES string of the molecule is CCN(CC)CCN(Cc1ccc(-c2ccccc2)c(C(F)(F)F)c1)C(=O)Cn1c(CCc2ccc(F)c(F)c2)cc(=O)c2ccccc21. The van der Waals surface area contributed by atoms with E-state index in [0.29, 0.717) is 39.8 Å². The maximum Gasteiger partial charge on any atom is 0.417 e. The number of likely N-dealkylation sites (N-methyl/N-ethyl adjacent to an activating group) is 1. The van der Waals surface area contributed by atoms with E-state index in [9.17, 15) is 31.5 Å². The predicted molar refractivity (Wildman–Crippen MR) is 182 cm³/mol. The molecule has 4 aromatic carbocycles. The third-order valence-electron chi connectivity index (χ3n) is 8.83. The highest BCUT2D eigenvalue weighted by Crippen LogP contribution is 2.38. The molecule has 5 rings (SSSR count). The summed E-state index contributed by atoms with van der Waals surface area (Å²) in [6.07, 6.45) is -4.08. The largest absolute Gasteiger partial charge is 0.417 e. The van der Waals surface area contributed by atoms with E-state index in [4.69, 9.17) is 0 Å². The average molecular weight is 676 g/mol. The summed E-state index contributed by atoms with van der Waals surface area (Å²) in [5, 5.41) is 0.410. The van der Waals surface area contributed by atoms with E-state index < -0.39 is 23.4 Å². The number of amides is 1. The van der Waals surface area contributed by atoms with Crippen LogP contribution in [0.15, 0.2) is 102 Å². The van der Waals surface area contributed by atoms with Crippen LogP contribution in [-0.2, 0) is 36.9 Å². The number of rotatable bonds is 13. The Morgan fingerprint density at radius 1 is 0.755 bits per heavy atom. The van der Waals surface area contributed by atoms with Crippen LogP contribution in [0.2, 0.25) is 0 Å². The number of hydrogen-bond donors (Lipinski definition) is 0. The lowest BCUT2D eigenvalue weighted by molar-refractivity contribution is -0.137. The topological polar surface area (TPSA) is 45.5 Å². The maximum atomic E-state index is 14.4. The summed E-state index contributed by atoms with van der Waals surface area (Å²) in [5.74, 6) is -2.27. The van der Waals surface area contributed by atoms with E-state index >= 15 is 0 Å². The van der Waals surface area contributed by atoms with Gasteiger partial charge in [0.2, 0.25) is 5.91 Å². The maximum absolute atomic E-state index is 14.4. The summed E-state index contributed by atoms with van der Waals surface area (Å²) in [6, 6.07) is 24.5. The van der Waals surface area contributed by atoms with Crippen molar-refractivity contribution in [3.8, 4) is 11.1 Å². The first-order valence-electron chi connectivity index (χ1n) is 16.3. The summed E-state index contributed by atoms with van der Waals surface area (Å²) in [6.45, 7) is 6.02. The van der Waals surface area contributed by atoms with Crippen LogP contribution in [0.5, 0.6) is 0 Å². The number of alkyl halides is 3. The smallest absolute Gasteiger partial charge is 0.336 e. The van der Waals surface area contributed by atoms with Crippen molar-refractivity contribution in [2.75, 3.05) is 26.2 Å². The Balaban J connectivity index is 1.50. The minimum absolute atomic E-state index is 0.0550. The lowest BCUT2D eigenvalue weighted by Crippen LogP contribution is -2.40. The number of aryl methyl sites for hydroxylation is 2. The van der Waals surface area contributed by atoms with Crippen molar-refractivity contribution < 1.29 is 26.7 Å². The molecule has 10 heteroatoms. The number of carbonyl (C=O) groups excluding carboxylic acids is 1. The van der Waals surface area contributed by atoms with Crippen LogP contribution in [-0.4, -0.2) is 46.5 Å². The number of pyridine rings is 1. The number of para-hydroxylation sites is 1. The number of benzene rings is 4. The van der Waals surface area contributed by atoms with Crippen molar-refractivity contribution in [2.45, 2.75) is 46.0 Å². The van der Waals surface area contributed by atoms with E-state index in [1.807, 2.05) is 13.8 Å². The van der Waals surface area contributed by atoms with E-state index in [-0.39, 0.29) is 49.4 Å². The Bertz CT molecular complexity index is 1970. The van der Waals surface area contributed by atoms with E-state index in [1.54, 1.807) is 70.1 Å². The molecule has 5 nitrogen and oxygen atoms in total. The van der Waals surface area contributed by atoms with E-state index in [0.717, 1.165) is 31.3 Å². The molecule has 49 heavy (non-hydrogen) atoms. The van der Waals surface area contributed by atoms with Gasteiger partial charge in [0, 0.05) is 36.8 Å². The third-order valence-corrected chi connectivity index (χ3v) is 8.83. The molecule has 0 aliphatic rings. The van der Waals surface area contributed by atoms with Gasteiger partial charge in [0.15, 0.2) is 17.1 Å². The average Bonchev–Trinajstić information content (AvgIpc) is 3.10. The lowest BCUT2D eigenvalue weighted by atomic mass is 9.97. The second kappa shape index (κ2) is 15.6. The third kappa shape index (κ3) is 8.61. The molecule has 0 aliphatic heterocycles. The fraction of sp³-hybridized carbons (Fsp3) is 0.282. The molecule has 0 atom stereocenters. The first kappa shape index (κ1) is 35.5. The highest BCUT2D eigenvalue weighted by atomic mass is 19.4. The molecule has 5 aromatic rings. The zero-order valence-electron chi connectivity index (χ0n) is 27.4. The molecule has 0 saturated heterocycles. The number of hydrogen-bond acceptors (Lipinski definition) is 3. The molecule has 0 fully saturated rings. The van der Waals surface area contributed by atoms with Gasteiger partial charge in [0.05, 0.1) is 11.1 Å².